The Balaban J connectivity index is 0.00000121. The molecule has 214 valence electrons. The Morgan fingerprint density at radius 2 is 1.76 bits per heavy atom. The van der Waals surface area contributed by atoms with Crippen LogP contribution >= 0.6 is 0 Å². The van der Waals surface area contributed by atoms with Gasteiger partial charge in [-0.05, 0) is 74.6 Å². The molecule has 1 saturated carbocycles. The lowest BCUT2D eigenvalue weighted by Crippen LogP contribution is -2.40. The minimum absolute atomic E-state index is 0.0585. The van der Waals surface area contributed by atoms with Crippen molar-refractivity contribution in [1.29, 1.82) is 0 Å². The molecule has 5 N–H and O–H groups in total. The summed E-state index contributed by atoms with van der Waals surface area (Å²) in [5.74, 6) is 0.424. The second-order valence-electron chi connectivity index (χ2n) is 10.8. The van der Waals surface area contributed by atoms with Crippen LogP contribution in [0.2, 0.25) is 0 Å². The van der Waals surface area contributed by atoms with Crippen molar-refractivity contribution in [2.24, 2.45) is 29.4 Å². The maximum absolute atomic E-state index is 11.5. The molecule has 4 atom stereocenters. The van der Waals surface area contributed by atoms with E-state index in [1.165, 1.54) is 12.8 Å². The van der Waals surface area contributed by atoms with Crippen LogP contribution in [0.4, 0.5) is 0 Å². The third-order valence-corrected chi connectivity index (χ3v) is 7.09. The van der Waals surface area contributed by atoms with Gasteiger partial charge in [0.2, 0.25) is 0 Å². The highest BCUT2D eigenvalue weighted by molar-refractivity contribution is 5.70. The smallest absolute Gasteiger partial charge is 0.306 e. The summed E-state index contributed by atoms with van der Waals surface area (Å²) < 4.78 is 16.4. The number of carboxylic acids is 1. The molecule has 1 aromatic carbocycles. The molecule has 37 heavy (non-hydrogen) atoms. The standard InChI is InChI=1S/C25H43NO6.C4H9N/c1-16(2)19(14-21(26)22(27)15-20(17(3)4)25(28)29)12-18-8-9-23(31-6)24(13-18)32-11-7-10-30-5;1-5-4-2-3-4/h8-9,13,16-17,19-22,27H,7,10-12,14-15,26H2,1-6H3,(H,28,29);4-5H,2-3H2,1H3/t19-,20-,21-,22-;/m0./s1. The number of carboxylic acid groups (broad SMARTS) is 1. The van der Waals surface area contributed by atoms with Crippen molar-refractivity contribution in [2.75, 3.05) is 34.5 Å². The van der Waals surface area contributed by atoms with E-state index in [4.69, 9.17) is 19.9 Å². The highest BCUT2D eigenvalue weighted by Gasteiger charge is 2.29. The fraction of sp³-hybridized carbons (Fsp3) is 0.759. The van der Waals surface area contributed by atoms with Crippen molar-refractivity contribution in [3.63, 3.8) is 0 Å². The van der Waals surface area contributed by atoms with Gasteiger partial charge in [0.05, 0.1) is 25.7 Å². The summed E-state index contributed by atoms with van der Waals surface area (Å²) >= 11 is 0. The molecule has 8 heteroatoms. The normalized spacial score (nSPS) is 16.5. The van der Waals surface area contributed by atoms with Crippen molar-refractivity contribution >= 4 is 5.97 Å². The van der Waals surface area contributed by atoms with E-state index in [1.807, 2.05) is 39.1 Å². The van der Waals surface area contributed by atoms with E-state index in [1.54, 1.807) is 14.2 Å². The molecular weight excluding hydrogens is 472 g/mol. The number of methoxy groups -OCH3 is 2. The van der Waals surface area contributed by atoms with Crippen LogP contribution in [-0.4, -0.2) is 68.9 Å². The predicted molar refractivity (Wildman–Crippen MR) is 148 cm³/mol. The topological polar surface area (TPSA) is 123 Å². The lowest BCUT2D eigenvalue weighted by atomic mass is 9.81. The SMILES string of the molecule is CNC1CC1.COCCCOc1cc(C[C@@H](C[C@H](N)[C@@H](O)C[C@H](C(=O)O)C(C)C)C(C)C)ccc1OC. The van der Waals surface area contributed by atoms with Crippen LogP contribution in [0, 0.1) is 23.7 Å². The molecule has 0 amide bonds. The summed E-state index contributed by atoms with van der Waals surface area (Å²) in [6.45, 7) is 9.17. The second-order valence-corrected chi connectivity index (χ2v) is 10.8. The first kappa shape index (κ1) is 33.2. The van der Waals surface area contributed by atoms with E-state index in [2.05, 4.69) is 19.2 Å². The number of hydrogen-bond donors (Lipinski definition) is 4. The third kappa shape index (κ3) is 13.0. The fourth-order valence-electron chi connectivity index (χ4n) is 4.21. The number of carbonyl (C=O) groups is 1. The first-order valence-electron chi connectivity index (χ1n) is 13.7. The lowest BCUT2D eigenvalue weighted by molar-refractivity contribution is -0.144. The van der Waals surface area contributed by atoms with Crippen molar-refractivity contribution in [3.05, 3.63) is 23.8 Å². The number of aliphatic carboxylic acids is 1. The molecule has 1 aromatic rings. The molecule has 0 spiro atoms. The molecule has 2 rings (SSSR count). The van der Waals surface area contributed by atoms with Crippen LogP contribution in [0.25, 0.3) is 0 Å². The molecule has 0 aliphatic heterocycles. The van der Waals surface area contributed by atoms with Gasteiger partial charge in [-0.15, -0.1) is 0 Å². The molecule has 0 saturated heterocycles. The molecular formula is C29H52N2O6. The number of hydrogen-bond acceptors (Lipinski definition) is 7. The van der Waals surface area contributed by atoms with E-state index in [9.17, 15) is 15.0 Å². The van der Waals surface area contributed by atoms with Gasteiger partial charge in [0.15, 0.2) is 11.5 Å². The predicted octanol–water partition coefficient (Wildman–Crippen LogP) is 4.12. The Morgan fingerprint density at radius 1 is 1.08 bits per heavy atom. The Labute approximate surface area is 224 Å². The van der Waals surface area contributed by atoms with Crippen LogP contribution in [0.15, 0.2) is 18.2 Å². The molecule has 0 bridgehead atoms. The maximum Gasteiger partial charge on any atom is 0.306 e. The van der Waals surface area contributed by atoms with Gasteiger partial charge in [0.25, 0.3) is 0 Å². The highest BCUT2D eigenvalue weighted by Crippen LogP contribution is 2.31. The third-order valence-electron chi connectivity index (χ3n) is 7.09. The van der Waals surface area contributed by atoms with Crippen molar-refractivity contribution < 1.29 is 29.2 Å². The monoisotopic (exact) mass is 524 g/mol. The molecule has 8 nitrogen and oxygen atoms in total. The second kappa shape index (κ2) is 17.6. The average molecular weight is 525 g/mol. The number of rotatable bonds is 17. The van der Waals surface area contributed by atoms with Crippen molar-refractivity contribution in [1.82, 2.24) is 5.32 Å². The van der Waals surface area contributed by atoms with Gasteiger partial charge in [-0.3, -0.25) is 4.79 Å². The van der Waals surface area contributed by atoms with Crippen LogP contribution in [0.1, 0.15) is 65.4 Å². The van der Waals surface area contributed by atoms with E-state index in [-0.39, 0.29) is 18.3 Å². The Bertz CT molecular complexity index is 769. The Morgan fingerprint density at radius 3 is 2.22 bits per heavy atom. The number of aliphatic hydroxyl groups is 1. The quantitative estimate of drug-likeness (QED) is 0.225. The first-order chi connectivity index (χ1) is 17.5. The number of nitrogens with two attached hydrogens (primary N) is 1. The van der Waals surface area contributed by atoms with Gasteiger partial charge in [-0.25, -0.2) is 0 Å². The van der Waals surface area contributed by atoms with Crippen LogP contribution < -0.4 is 20.5 Å². The number of ether oxygens (including phenoxy) is 3. The number of aliphatic hydroxyl groups excluding tert-OH is 1. The molecule has 0 radical (unpaired) electrons. The Hall–Kier alpha value is -1.87. The summed E-state index contributed by atoms with van der Waals surface area (Å²) in [5, 5.41) is 23.2. The summed E-state index contributed by atoms with van der Waals surface area (Å²) in [6.07, 6.45) is 4.30. The zero-order valence-electron chi connectivity index (χ0n) is 24.0. The van der Waals surface area contributed by atoms with Crippen LogP contribution in [0.5, 0.6) is 11.5 Å². The van der Waals surface area contributed by atoms with Gasteiger partial charge in [-0.2, -0.15) is 0 Å². The molecule has 1 aliphatic rings. The fourth-order valence-corrected chi connectivity index (χ4v) is 4.21. The molecule has 0 heterocycles. The zero-order valence-corrected chi connectivity index (χ0v) is 24.0. The highest BCUT2D eigenvalue weighted by atomic mass is 16.5. The first-order valence-corrected chi connectivity index (χ1v) is 13.7. The number of benzene rings is 1. The van der Waals surface area contributed by atoms with Gasteiger partial charge in [0, 0.05) is 32.2 Å². The number of nitrogens with one attached hydrogen (secondary N) is 1. The van der Waals surface area contributed by atoms with E-state index < -0.39 is 24.0 Å². The molecule has 1 aliphatic carbocycles. The van der Waals surface area contributed by atoms with Gasteiger partial charge < -0.3 is 35.5 Å². The molecule has 0 aromatic heterocycles. The van der Waals surface area contributed by atoms with Gasteiger partial charge in [0.1, 0.15) is 0 Å². The largest absolute Gasteiger partial charge is 0.493 e. The maximum atomic E-state index is 11.5. The lowest BCUT2D eigenvalue weighted by Gasteiger charge is -2.29. The molecule has 1 fully saturated rings. The summed E-state index contributed by atoms with van der Waals surface area (Å²) in [6, 6.07) is 6.34. The van der Waals surface area contributed by atoms with Gasteiger partial charge >= 0.3 is 5.97 Å². The van der Waals surface area contributed by atoms with E-state index in [0.29, 0.717) is 37.1 Å². The Kier molecular flexibility index (Phi) is 15.8. The van der Waals surface area contributed by atoms with Crippen LogP contribution in [0.3, 0.4) is 0 Å². The summed E-state index contributed by atoms with van der Waals surface area (Å²) in [4.78, 5) is 11.5. The van der Waals surface area contributed by atoms with E-state index in [0.717, 1.165) is 24.4 Å². The zero-order chi connectivity index (χ0) is 28.0. The summed E-state index contributed by atoms with van der Waals surface area (Å²) in [5.41, 5.74) is 7.44. The van der Waals surface area contributed by atoms with Crippen molar-refractivity contribution in [3.8, 4) is 11.5 Å². The van der Waals surface area contributed by atoms with Gasteiger partial charge in [-0.1, -0.05) is 33.8 Å². The minimum Gasteiger partial charge on any atom is -0.493 e. The minimum atomic E-state index is -0.886. The van der Waals surface area contributed by atoms with Crippen LogP contribution in [-0.2, 0) is 16.0 Å². The summed E-state index contributed by atoms with van der Waals surface area (Å²) in [7, 11) is 5.30. The molecule has 0 unspecified atom stereocenters. The van der Waals surface area contributed by atoms with Crippen molar-refractivity contribution in [2.45, 2.75) is 84.4 Å². The van der Waals surface area contributed by atoms with E-state index >= 15 is 0 Å². The average Bonchev–Trinajstić information content (AvgIpc) is 3.69.